The lowest BCUT2D eigenvalue weighted by Crippen LogP contribution is -2.05. The molecule has 1 aliphatic rings. The van der Waals surface area contributed by atoms with Crippen molar-refractivity contribution in [3.05, 3.63) is 54.2 Å². The summed E-state index contributed by atoms with van der Waals surface area (Å²) in [6, 6.07) is 12.7. The highest BCUT2D eigenvalue weighted by Crippen LogP contribution is 2.21. The maximum atomic E-state index is 4.74. The van der Waals surface area contributed by atoms with Gasteiger partial charge in [-0.15, -0.1) is 0 Å². The summed E-state index contributed by atoms with van der Waals surface area (Å²) in [5, 5.41) is 1.23. The van der Waals surface area contributed by atoms with Gasteiger partial charge in [-0.1, -0.05) is 36.4 Å². The zero-order valence-electron chi connectivity index (χ0n) is 9.97. The van der Waals surface area contributed by atoms with Crippen molar-refractivity contribution in [3.8, 4) is 0 Å². The molecule has 86 valence electrons. The molecule has 0 saturated carbocycles. The van der Waals surface area contributed by atoms with Crippen LogP contribution in [-0.4, -0.2) is 4.98 Å². The van der Waals surface area contributed by atoms with E-state index in [-0.39, 0.29) is 0 Å². The van der Waals surface area contributed by atoms with Gasteiger partial charge in [0.2, 0.25) is 0 Å². The summed E-state index contributed by atoms with van der Waals surface area (Å²) in [4.78, 5) is 4.74. The molecule has 0 radical (unpaired) electrons. The Balaban J connectivity index is 1.85. The highest BCUT2D eigenvalue weighted by Gasteiger charge is 2.10. The number of hydrogen-bond donors (Lipinski definition) is 0. The Morgan fingerprint density at radius 1 is 1.12 bits per heavy atom. The van der Waals surface area contributed by atoms with Crippen molar-refractivity contribution in [2.75, 3.05) is 0 Å². The van der Waals surface area contributed by atoms with Crippen LogP contribution in [0.1, 0.15) is 25.0 Å². The van der Waals surface area contributed by atoms with Gasteiger partial charge in [0.05, 0.1) is 5.52 Å². The fourth-order valence-electron chi connectivity index (χ4n) is 2.54. The van der Waals surface area contributed by atoms with E-state index in [0.717, 1.165) is 11.9 Å². The lowest BCUT2D eigenvalue weighted by molar-refractivity contribution is 0.534. The van der Waals surface area contributed by atoms with Gasteiger partial charge in [0.25, 0.3) is 0 Å². The van der Waals surface area contributed by atoms with Gasteiger partial charge >= 0.3 is 0 Å². The van der Waals surface area contributed by atoms with Crippen LogP contribution in [0.25, 0.3) is 10.9 Å². The average Bonchev–Trinajstić information content (AvgIpc) is 2.40. The van der Waals surface area contributed by atoms with Crippen molar-refractivity contribution in [2.45, 2.75) is 25.7 Å². The minimum Gasteiger partial charge on any atom is -0.253 e. The molecule has 1 heterocycles. The van der Waals surface area contributed by atoms with Crippen molar-refractivity contribution in [3.63, 3.8) is 0 Å². The molecule has 0 aliphatic heterocycles. The summed E-state index contributed by atoms with van der Waals surface area (Å²) >= 11 is 0. The third kappa shape index (κ3) is 2.38. The van der Waals surface area contributed by atoms with Crippen LogP contribution in [0.3, 0.4) is 0 Å². The Hall–Kier alpha value is -1.63. The first-order valence-electron chi connectivity index (χ1n) is 6.43. The normalized spacial score (nSPS) is 19.6. The van der Waals surface area contributed by atoms with Crippen LogP contribution in [0.5, 0.6) is 0 Å². The van der Waals surface area contributed by atoms with Crippen LogP contribution >= 0.6 is 0 Å². The van der Waals surface area contributed by atoms with Crippen LogP contribution in [0.4, 0.5) is 0 Å². The summed E-state index contributed by atoms with van der Waals surface area (Å²) in [6.45, 7) is 0. The minimum absolute atomic E-state index is 0.692. The number of rotatable bonds is 2. The second-order valence-electron chi connectivity index (χ2n) is 4.82. The largest absolute Gasteiger partial charge is 0.253 e. The lowest BCUT2D eigenvalue weighted by Gasteiger charge is -2.15. The first-order chi connectivity index (χ1) is 8.42. The van der Waals surface area contributed by atoms with Gasteiger partial charge in [-0.2, -0.15) is 0 Å². The topological polar surface area (TPSA) is 12.9 Å². The number of benzene rings is 1. The van der Waals surface area contributed by atoms with Gasteiger partial charge in [-0.3, -0.25) is 4.98 Å². The highest BCUT2D eigenvalue weighted by atomic mass is 14.7. The van der Waals surface area contributed by atoms with Gasteiger partial charge in [-0.25, -0.2) is 0 Å². The summed E-state index contributed by atoms with van der Waals surface area (Å²) in [5.41, 5.74) is 2.34. The van der Waals surface area contributed by atoms with Gasteiger partial charge in [0, 0.05) is 11.1 Å². The molecule has 1 heteroatoms. The van der Waals surface area contributed by atoms with E-state index in [2.05, 4.69) is 48.6 Å². The Labute approximate surface area is 102 Å². The van der Waals surface area contributed by atoms with Crippen molar-refractivity contribution in [2.24, 2.45) is 5.92 Å². The van der Waals surface area contributed by atoms with E-state index >= 15 is 0 Å². The van der Waals surface area contributed by atoms with Crippen LogP contribution in [-0.2, 0) is 6.42 Å². The zero-order valence-corrected chi connectivity index (χ0v) is 9.97. The monoisotopic (exact) mass is 223 g/mol. The number of fused-ring (bicyclic) bond motifs is 1. The third-order valence-corrected chi connectivity index (χ3v) is 3.48. The van der Waals surface area contributed by atoms with E-state index < -0.39 is 0 Å². The van der Waals surface area contributed by atoms with Crippen LogP contribution < -0.4 is 0 Å². The van der Waals surface area contributed by atoms with E-state index in [0.29, 0.717) is 5.92 Å². The SMILES string of the molecule is C1=CC(Cc2ccc3ccccc3n2)CCC1. The van der Waals surface area contributed by atoms with Gasteiger partial charge in [0.15, 0.2) is 0 Å². The second-order valence-corrected chi connectivity index (χ2v) is 4.82. The molecule has 1 aromatic heterocycles. The molecule has 0 saturated heterocycles. The van der Waals surface area contributed by atoms with Crippen molar-refractivity contribution in [1.29, 1.82) is 0 Å². The number of allylic oxidation sites excluding steroid dienone is 2. The molecule has 3 rings (SSSR count). The molecule has 1 aliphatic carbocycles. The maximum absolute atomic E-state index is 4.74. The molecule has 0 amide bonds. The first kappa shape index (κ1) is 10.5. The fourth-order valence-corrected chi connectivity index (χ4v) is 2.54. The molecule has 0 N–H and O–H groups in total. The van der Waals surface area contributed by atoms with E-state index in [1.165, 1.54) is 30.3 Å². The molecule has 1 atom stereocenters. The third-order valence-electron chi connectivity index (χ3n) is 3.48. The minimum atomic E-state index is 0.692. The number of aromatic nitrogens is 1. The smallest absolute Gasteiger partial charge is 0.0705 e. The number of para-hydroxylation sites is 1. The molecule has 1 aromatic carbocycles. The van der Waals surface area contributed by atoms with Crippen molar-refractivity contribution in [1.82, 2.24) is 4.98 Å². The molecule has 2 aromatic rings. The predicted octanol–water partition coefficient (Wildman–Crippen LogP) is 4.13. The number of nitrogens with zero attached hydrogens (tertiary/aromatic N) is 1. The molecule has 0 spiro atoms. The summed E-state index contributed by atoms with van der Waals surface area (Å²) in [6.07, 6.45) is 9.65. The summed E-state index contributed by atoms with van der Waals surface area (Å²) in [5.74, 6) is 0.692. The van der Waals surface area contributed by atoms with Gasteiger partial charge < -0.3 is 0 Å². The van der Waals surface area contributed by atoms with Crippen molar-refractivity contribution < 1.29 is 0 Å². The Morgan fingerprint density at radius 2 is 2.06 bits per heavy atom. The highest BCUT2D eigenvalue weighted by molar-refractivity contribution is 5.78. The van der Waals surface area contributed by atoms with E-state index in [1.807, 2.05) is 0 Å². The average molecular weight is 223 g/mol. The second kappa shape index (κ2) is 4.70. The summed E-state index contributed by atoms with van der Waals surface area (Å²) < 4.78 is 0. The molecule has 1 nitrogen and oxygen atoms in total. The standard InChI is InChI=1S/C16H17N/c1-2-6-13(7-3-1)12-15-11-10-14-8-4-5-9-16(14)17-15/h2,4-6,8-11,13H,1,3,7,12H2. The molecular weight excluding hydrogens is 206 g/mol. The Kier molecular flexibility index (Phi) is 2.91. The molecule has 0 fully saturated rings. The maximum Gasteiger partial charge on any atom is 0.0705 e. The predicted molar refractivity (Wildman–Crippen MR) is 71.9 cm³/mol. The van der Waals surface area contributed by atoms with E-state index in [9.17, 15) is 0 Å². The quantitative estimate of drug-likeness (QED) is 0.697. The molecule has 0 bridgehead atoms. The van der Waals surface area contributed by atoms with Crippen molar-refractivity contribution >= 4 is 10.9 Å². The van der Waals surface area contributed by atoms with Crippen LogP contribution in [0.2, 0.25) is 0 Å². The Bertz CT molecular complexity index is 542. The molecular formula is C16H17N. The fraction of sp³-hybridized carbons (Fsp3) is 0.312. The van der Waals surface area contributed by atoms with E-state index in [4.69, 9.17) is 4.98 Å². The van der Waals surface area contributed by atoms with Gasteiger partial charge in [0.1, 0.15) is 0 Å². The van der Waals surface area contributed by atoms with Gasteiger partial charge in [-0.05, 0) is 43.7 Å². The summed E-state index contributed by atoms with van der Waals surface area (Å²) in [7, 11) is 0. The lowest BCUT2D eigenvalue weighted by atomic mass is 9.91. The van der Waals surface area contributed by atoms with Crippen LogP contribution in [0, 0.1) is 5.92 Å². The Morgan fingerprint density at radius 3 is 2.94 bits per heavy atom. The molecule has 17 heavy (non-hydrogen) atoms. The number of hydrogen-bond acceptors (Lipinski definition) is 1. The zero-order chi connectivity index (χ0) is 11.5. The number of pyridine rings is 1. The van der Waals surface area contributed by atoms with Crippen LogP contribution in [0.15, 0.2) is 48.6 Å². The first-order valence-corrected chi connectivity index (χ1v) is 6.43. The molecule has 1 unspecified atom stereocenters. The van der Waals surface area contributed by atoms with E-state index in [1.54, 1.807) is 0 Å².